The van der Waals surface area contributed by atoms with Gasteiger partial charge in [0, 0.05) is 58.4 Å². The van der Waals surface area contributed by atoms with Crippen molar-refractivity contribution in [3.8, 4) is 0 Å². The van der Waals surface area contributed by atoms with Gasteiger partial charge in [0.1, 0.15) is 0 Å². The van der Waals surface area contributed by atoms with Crippen molar-refractivity contribution in [3.63, 3.8) is 0 Å². The summed E-state index contributed by atoms with van der Waals surface area (Å²) in [6.45, 7) is 1.24. The molecule has 0 spiro atoms. The van der Waals surface area contributed by atoms with E-state index >= 15 is 0 Å². The largest absolute Gasteiger partial charge is 0.388 e. The average molecular weight is 291 g/mol. The summed E-state index contributed by atoms with van der Waals surface area (Å²) in [4.78, 5) is 13.8. The summed E-state index contributed by atoms with van der Waals surface area (Å²) in [7, 11) is 1.64. The van der Waals surface area contributed by atoms with Gasteiger partial charge in [-0.15, -0.1) is 0 Å². The van der Waals surface area contributed by atoms with Crippen molar-refractivity contribution in [2.24, 2.45) is 5.92 Å². The molecule has 1 saturated carbocycles. The summed E-state index contributed by atoms with van der Waals surface area (Å²) in [5.74, 6) is -3.07. The third-order valence-electron chi connectivity index (χ3n) is 4.40. The lowest BCUT2D eigenvalue weighted by atomic mass is 9.85. The molecule has 0 atom stereocenters. The van der Waals surface area contributed by atoms with Crippen LogP contribution in [0.4, 0.5) is 8.78 Å². The van der Waals surface area contributed by atoms with Gasteiger partial charge in [0.05, 0.1) is 5.60 Å². The number of carbonyl (C=O) groups is 1. The van der Waals surface area contributed by atoms with Crippen LogP contribution in [0.3, 0.4) is 0 Å². The van der Waals surface area contributed by atoms with Gasteiger partial charge in [0.25, 0.3) is 0 Å². The van der Waals surface area contributed by atoms with Gasteiger partial charge in [-0.25, -0.2) is 8.78 Å². The molecule has 0 aromatic carbocycles. The maximum absolute atomic E-state index is 13.1. The molecule has 2 fully saturated rings. The van der Waals surface area contributed by atoms with Crippen LogP contribution in [0.15, 0.2) is 0 Å². The highest BCUT2D eigenvalue weighted by molar-refractivity contribution is 5.78. The van der Waals surface area contributed by atoms with Crippen molar-refractivity contribution in [3.05, 3.63) is 0 Å². The molecule has 2 rings (SSSR count). The maximum Gasteiger partial charge on any atom is 0.248 e. The highest BCUT2D eigenvalue weighted by Crippen LogP contribution is 2.37. The van der Waals surface area contributed by atoms with E-state index in [1.54, 1.807) is 7.05 Å². The number of hydrogen-bond acceptors (Lipinski definition) is 3. The van der Waals surface area contributed by atoms with Crippen LogP contribution in [0.1, 0.15) is 38.5 Å². The minimum absolute atomic E-state index is 0.125. The van der Waals surface area contributed by atoms with Gasteiger partial charge >= 0.3 is 0 Å². The third-order valence-corrected chi connectivity index (χ3v) is 4.40. The zero-order valence-corrected chi connectivity index (χ0v) is 11.9. The quantitative estimate of drug-likeness (QED) is 0.863. The fourth-order valence-electron chi connectivity index (χ4n) is 3.03. The highest BCUT2D eigenvalue weighted by atomic mass is 19.3. The van der Waals surface area contributed by atoms with Crippen LogP contribution in [-0.2, 0) is 9.53 Å². The Bertz CT molecular complexity index is 346. The number of amides is 1. The monoisotopic (exact) mass is 291 g/mol. The molecule has 1 aliphatic carbocycles. The number of likely N-dealkylation sites (N-methyl/N-ethyl adjacent to an activating group) is 1. The fraction of sp³-hybridized carbons (Fsp3) is 0.929. The van der Waals surface area contributed by atoms with Crippen molar-refractivity contribution in [2.75, 3.05) is 26.8 Å². The second kappa shape index (κ2) is 5.93. The Balaban J connectivity index is 1.86. The molecule has 0 aromatic heterocycles. The van der Waals surface area contributed by atoms with Crippen molar-refractivity contribution < 1.29 is 23.4 Å². The SMILES string of the molecule is CN(CC1(O)CCOCC1)C(=O)C1CCC(F)(F)CC1. The summed E-state index contributed by atoms with van der Waals surface area (Å²) >= 11 is 0. The predicted octanol–water partition coefficient (Wildman–Crippen LogP) is 1.81. The summed E-state index contributed by atoms with van der Waals surface area (Å²) < 4.78 is 31.4. The molecule has 20 heavy (non-hydrogen) atoms. The summed E-state index contributed by atoms with van der Waals surface area (Å²) in [6, 6.07) is 0. The van der Waals surface area contributed by atoms with E-state index in [4.69, 9.17) is 4.74 Å². The van der Waals surface area contributed by atoms with Crippen LogP contribution in [0.5, 0.6) is 0 Å². The van der Waals surface area contributed by atoms with Crippen LogP contribution < -0.4 is 0 Å². The summed E-state index contributed by atoms with van der Waals surface area (Å²) in [6.07, 6.45) is 1.06. The average Bonchev–Trinajstić information content (AvgIpc) is 2.38. The van der Waals surface area contributed by atoms with Gasteiger partial charge in [0.15, 0.2) is 0 Å². The Hall–Kier alpha value is -0.750. The Morgan fingerprint density at radius 2 is 1.80 bits per heavy atom. The lowest BCUT2D eigenvalue weighted by Crippen LogP contribution is -2.49. The second-order valence-corrected chi connectivity index (χ2v) is 6.16. The minimum atomic E-state index is -2.62. The Morgan fingerprint density at radius 3 is 2.35 bits per heavy atom. The minimum Gasteiger partial charge on any atom is -0.388 e. The number of carbonyl (C=O) groups excluding carboxylic acids is 1. The smallest absolute Gasteiger partial charge is 0.248 e. The molecule has 1 heterocycles. The van der Waals surface area contributed by atoms with E-state index in [9.17, 15) is 18.7 Å². The lowest BCUT2D eigenvalue weighted by molar-refractivity contribution is -0.144. The van der Waals surface area contributed by atoms with E-state index in [1.807, 2.05) is 0 Å². The first kappa shape index (κ1) is 15.6. The van der Waals surface area contributed by atoms with Gasteiger partial charge < -0.3 is 14.7 Å². The first-order valence-electron chi connectivity index (χ1n) is 7.24. The highest BCUT2D eigenvalue weighted by Gasteiger charge is 2.39. The molecule has 0 radical (unpaired) electrons. The normalized spacial score (nSPS) is 26.2. The number of rotatable bonds is 3. The van der Waals surface area contributed by atoms with Crippen LogP contribution in [0.2, 0.25) is 0 Å². The standard InChI is InChI=1S/C14H23F2NO3/c1-17(10-13(19)6-8-20-9-7-13)12(18)11-2-4-14(15,16)5-3-11/h11,19H,2-10H2,1H3. The van der Waals surface area contributed by atoms with Gasteiger partial charge in [-0.05, 0) is 12.8 Å². The molecule has 0 bridgehead atoms. The molecule has 1 amide bonds. The number of alkyl halides is 2. The van der Waals surface area contributed by atoms with Crippen LogP contribution in [0.25, 0.3) is 0 Å². The van der Waals surface area contributed by atoms with Crippen molar-refractivity contribution >= 4 is 5.91 Å². The molecule has 2 aliphatic rings. The molecule has 1 aliphatic heterocycles. The molecular weight excluding hydrogens is 268 g/mol. The van der Waals surface area contributed by atoms with Crippen molar-refractivity contribution in [2.45, 2.75) is 50.0 Å². The summed E-state index contributed by atoms with van der Waals surface area (Å²) in [5, 5.41) is 10.4. The number of hydrogen-bond donors (Lipinski definition) is 1. The topological polar surface area (TPSA) is 49.8 Å². The number of halogens is 2. The Kier molecular flexibility index (Phi) is 4.64. The van der Waals surface area contributed by atoms with Crippen LogP contribution >= 0.6 is 0 Å². The second-order valence-electron chi connectivity index (χ2n) is 6.16. The summed E-state index contributed by atoms with van der Waals surface area (Å²) in [5.41, 5.74) is -0.902. The molecular formula is C14H23F2NO3. The van der Waals surface area contributed by atoms with Gasteiger partial charge in [-0.1, -0.05) is 0 Å². The van der Waals surface area contributed by atoms with Gasteiger partial charge in [0.2, 0.25) is 11.8 Å². The van der Waals surface area contributed by atoms with Crippen molar-refractivity contribution in [1.82, 2.24) is 4.90 Å². The molecule has 116 valence electrons. The van der Waals surface area contributed by atoms with E-state index in [2.05, 4.69) is 0 Å². The van der Waals surface area contributed by atoms with Crippen molar-refractivity contribution in [1.29, 1.82) is 0 Å². The van der Waals surface area contributed by atoms with E-state index < -0.39 is 11.5 Å². The van der Waals surface area contributed by atoms with Crippen LogP contribution in [0, 0.1) is 5.92 Å². The zero-order chi connectivity index (χ0) is 14.8. The van der Waals surface area contributed by atoms with Crippen LogP contribution in [-0.4, -0.2) is 54.2 Å². The van der Waals surface area contributed by atoms with Gasteiger partial charge in [-0.2, -0.15) is 0 Å². The third kappa shape index (κ3) is 3.88. The fourth-order valence-corrected chi connectivity index (χ4v) is 3.03. The van der Waals surface area contributed by atoms with E-state index in [1.165, 1.54) is 4.90 Å². The number of ether oxygens (including phenoxy) is 1. The van der Waals surface area contributed by atoms with E-state index in [0.29, 0.717) is 26.1 Å². The molecule has 4 nitrogen and oxygen atoms in total. The Labute approximate surface area is 118 Å². The number of nitrogens with zero attached hydrogens (tertiary/aromatic N) is 1. The van der Waals surface area contributed by atoms with Gasteiger partial charge in [-0.3, -0.25) is 4.79 Å². The molecule has 6 heteroatoms. The van der Waals surface area contributed by atoms with E-state index in [-0.39, 0.29) is 44.1 Å². The first-order chi connectivity index (χ1) is 9.31. The number of aliphatic hydroxyl groups is 1. The maximum atomic E-state index is 13.1. The van der Waals surface area contributed by atoms with E-state index in [0.717, 1.165) is 0 Å². The molecule has 0 aromatic rings. The first-order valence-corrected chi connectivity index (χ1v) is 7.24. The molecule has 0 unspecified atom stereocenters. The molecule has 1 saturated heterocycles. The molecule has 1 N–H and O–H groups in total. The lowest BCUT2D eigenvalue weighted by Gasteiger charge is -2.37. The predicted molar refractivity (Wildman–Crippen MR) is 69.5 cm³/mol. The Morgan fingerprint density at radius 1 is 1.25 bits per heavy atom. The zero-order valence-electron chi connectivity index (χ0n) is 11.9.